The number of thiazole rings is 1. The molecule has 18 heavy (non-hydrogen) atoms. The minimum Gasteiger partial charge on any atom is -0.326 e. The number of likely N-dealkylation sites (tertiary alicyclic amines) is 1. The summed E-state index contributed by atoms with van der Waals surface area (Å²) in [7, 11) is 0. The van der Waals surface area contributed by atoms with E-state index in [0.29, 0.717) is 6.04 Å². The molecule has 1 unspecified atom stereocenters. The number of fused-ring (bicyclic) bond motifs is 1. The first-order valence-corrected chi connectivity index (χ1v) is 6.55. The van der Waals surface area contributed by atoms with Crippen LogP contribution in [0.25, 0.3) is 10.2 Å². The molecule has 3 nitrogen and oxygen atoms in total. The first-order chi connectivity index (χ1) is 8.20. The van der Waals surface area contributed by atoms with Crippen LogP contribution in [0.3, 0.4) is 0 Å². The Morgan fingerprint density at radius 2 is 2.33 bits per heavy atom. The van der Waals surface area contributed by atoms with Crippen LogP contribution in [0.2, 0.25) is 0 Å². The molecule has 2 aromatic rings. The number of aromatic nitrogens is 1. The average Bonchev–Trinajstić information content (AvgIpc) is 2.84. The number of benzene rings is 1. The van der Waals surface area contributed by atoms with E-state index in [1.165, 1.54) is 6.07 Å². The van der Waals surface area contributed by atoms with Crippen molar-refractivity contribution in [2.45, 2.75) is 19.0 Å². The Kier molecular flexibility index (Phi) is 4.17. The van der Waals surface area contributed by atoms with Gasteiger partial charge in [0.2, 0.25) is 0 Å². The van der Waals surface area contributed by atoms with Crippen LogP contribution in [0.1, 0.15) is 11.4 Å². The van der Waals surface area contributed by atoms with E-state index in [9.17, 15) is 4.39 Å². The van der Waals surface area contributed by atoms with Gasteiger partial charge in [-0.2, -0.15) is 0 Å². The Bertz CT molecular complexity index is 545. The summed E-state index contributed by atoms with van der Waals surface area (Å²) < 4.78 is 14.0. The summed E-state index contributed by atoms with van der Waals surface area (Å²) in [6.45, 7) is 2.80. The number of nitrogens with two attached hydrogens (primary N) is 1. The van der Waals surface area contributed by atoms with Gasteiger partial charge in [-0.05, 0) is 24.6 Å². The van der Waals surface area contributed by atoms with Gasteiger partial charge >= 0.3 is 0 Å². The molecule has 0 spiro atoms. The van der Waals surface area contributed by atoms with Crippen molar-refractivity contribution in [3.05, 3.63) is 29.0 Å². The van der Waals surface area contributed by atoms with E-state index in [-0.39, 0.29) is 18.2 Å². The van der Waals surface area contributed by atoms with E-state index in [1.54, 1.807) is 23.5 Å². The highest BCUT2D eigenvalue weighted by atomic mass is 35.5. The van der Waals surface area contributed by atoms with Crippen LogP contribution >= 0.6 is 23.7 Å². The fourth-order valence-corrected chi connectivity index (χ4v) is 3.25. The van der Waals surface area contributed by atoms with Crippen molar-refractivity contribution < 1.29 is 4.39 Å². The van der Waals surface area contributed by atoms with Gasteiger partial charge < -0.3 is 5.73 Å². The van der Waals surface area contributed by atoms with Crippen LogP contribution in [-0.4, -0.2) is 29.0 Å². The minimum absolute atomic E-state index is 0. The van der Waals surface area contributed by atoms with Crippen LogP contribution in [0, 0.1) is 5.82 Å². The van der Waals surface area contributed by atoms with Gasteiger partial charge in [0.25, 0.3) is 0 Å². The van der Waals surface area contributed by atoms with Gasteiger partial charge in [0.1, 0.15) is 10.8 Å². The Labute approximate surface area is 115 Å². The van der Waals surface area contributed by atoms with Gasteiger partial charge in [0.15, 0.2) is 0 Å². The maximum atomic E-state index is 13.1. The summed E-state index contributed by atoms with van der Waals surface area (Å²) in [5.41, 5.74) is 6.75. The largest absolute Gasteiger partial charge is 0.326 e. The van der Waals surface area contributed by atoms with E-state index in [1.807, 2.05) is 0 Å². The Morgan fingerprint density at radius 1 is 1.50 bits per heavy atom. The Balaban J connectivity index is 0.00000120. The maximum absolute atomic E-state index is 13.1. The van der Waals surface area contributed by atoms with E-state index in [4.69, 9.17) is 5.73 Å². The van der Waals surface area contributed by atoms with Crippen LogP contribution in [-0.2, 0) is 6.54 Å². The second-order valence-electron chi connectivity index (χ2n) is 4.50. The van der Waals surface area contributed by atoms with Gasteiger partial charge in [-0.1, -0.05) is 0 Å². The van der Waals surface area contributed by atoms with Crippen LogP contribution in [0.15, 0.2) is 18.2 Å². The van der Waals surface area contributed by atoms with Crippen molar-refractivity contribution in [1.29, 1.82) is 0 Å². The van der Waals surface area contributed by atoms with E-state index in [2.05, 4.69) is 9.88 Å². The molecule has 0 amide bonds. The van der Waals surface area contributed by atoms with Gasteiger partial charge in [-0.15, -0.1) is 23.7 Å². The number of halogens is 2. The smallest absolute Gasteiger partial charge is 0.124 e. The summed E-state index contributed by atoms with van der Waals surface area (Å²) >= 11 is 1.57. The lowest BCUT2D eigenvalue weighted by molar-refractivity contribution is 0.326. The lowest BCUT2D eigenvalue weighted by Gasteiger charge is -2.12. The maximum Gasteiger partial charge on any atom is 0.124 e. The molecule has 0 saturated carbocycles. The van der Waals surface area contributed by atoms with Crippen molar-refractivity contribution in [3.63, 3.8) is 0 Å². The molecular formula is C12H15ClFN3S. The number of hydrogen-bond acceptors (Lipinski definition) is 4. The Morgan fingerprint density at radius 3 is 3.06 bits per heavy atom. The molecule has 3 rings (SSSR count). The lowest BCUT2D eigenvalue weighted by atomic mass is 10.3. The van der Waals surface area contributed by atoms with Crippen LogP contribution in [0.5, 0.6) is 0 Å². The summed E-state index contributed by atoms with van der Waals surface area (Å²) in [5.74, 6) is -0.198. The molecule has 1 aliphatic heterocycles. The molecule has 1 aromatic carbocycles. The third-order valence-corrected chi connectivity index (χ3v) is 4.07. The summed E-state index contributed by atoms with van der Waals surface area (Å²) in [6.07, 6.45) is 1.06. The minimum atomic E-state index is -0.198. The fraction of sp³-hybridized carbons (Fsp3) is 0.417. The highest BCUT2D eigenvalue weighted by Gasteiger charge is 2.20. The molecule has 1 aliphatic rings. The van der Waals surface area contributed by atoms with E-state index in [0.717, 1.165) is 41.3 Å². The monoisotopic (exact) mass is 287 g/mol. The van der Waals surface area contributed by atoms with Gasteiger partial charge in [-0.25, -0.2) is 9.37 Å². The molecule has 0 bridgehead atoms. The zero-order chi connectivity index (χ0) is 11.8. The number of hydrogen-bond donors (Lipinski definition) is 1. The van der Waals surface area contributed by atoms with Gasteiger partial charge in [0, 0.05) is 19.1 Å². The SMILES string of the molecule is Cl.NC1CCN(Cc2nc3ccc(F)cc3s2)C1. The molecule has 98 valence electrons. The predicted octanol–water partition coefficient (Wildman–Crippen LogP) is 2.39. The topological polar surface area (TPSA) is 42.1 Å². The lowest BCUT2D eigenvalue weighted by Crippen LogP contribution is -2.26. The Hall–Kier alpha value is -0.750. The molecule has 1 aromatic heterocycles. The molecule has 0 aliphatic carbocycles. The standard InChI is InChI=1S/C12H14FN3S.ClH/c13-8-1-2-10-11(5-8)17-12(15-10)7-16-4-3-9(14)6-16;/h1-2,5,9H,3-4,6-7,14H2;1H. The summed E-state index contributed by atoms with van der Waals surface area (Å²) in [4.78, 5) is 6.82. The highest BCUT2D eigenvalue weighted by molar-refractivity contribution is 7.18. The average molecular weight is 288 g/mol. The van der Waals surface area contributed by atoms with Crippen molar-refractivity contribution in [1.82, 2.24) is 9.88 Å². The molecule has 1 fully saturated rings. The quantitative estimate of drug-likeness (QED) is 0.922. The molecule has 2 N–H and O–H groups in total. The molecule has 6 heteroatoms. The van der Waals surface area contributed by atoms with E-state index >= 15 is 0 Å². The van der Waals surface area contributed by atoms with Gasteiger partial charge in [-0.3, -0.25) is 4.90 Å². The first-order valence-electron chi connectivity index (χ1n) is 5.73. The second-order valence-corrected chi connectivity index (χ2v) is 5.62. The third-order valence-electron chi connectivity index (χ3n) is 3.06. The molecule has 1 atom stereocenters. The normalized spacial score (nSPS) is 20.2. The van der Waals surface area contributed by atoms with E-state index < -0.39 is 0 Å². The number of rotatable bonds is 2. The zero-order valence-corrected chi connectivity index (χ0v) is 11.4. The third kappa shape index (κ3) is 2.80. The van der Waals surface area contributed by atoms with Crippen molar-refractivity contribution in [2.24, 2.45) is 5.73 Å². The molecular weight excluding hydrogens is 273 g/mol. The number of nitrogens with zero attached hydrogens (tertiary/aromatic N) is 2. The molecule has 2 heterocycles. The second kappa shape index (κ2) is 5.48. The highest BCUT2D eigenvalue weighted by Crippen LogP contribution is 2.24. The van der Waals surface area contributed by atoms with Crippen molar-refractivity contribution in [3.8, 4) is 0 Å². The van der Waals surface area contributed by atoms with Crippen LogP contribution < -0.4 is 5.73 Å². The molecule has 1 saturated heterocycles. The fourth-order valence-electron chi connectivity index (χ4n) is 2.21. The van der Waals surface area contributed by atoms with Crippen LogP contribution in [0.4, 0.5) is 4.39 Å². The van der Waals surface area contributed by atoms with Crippen molar-refractivity contribution >= 4 is 34.0 Å². The van der Waals surface area contributed by atoms with Gasteiger partial charge in [0.05, 0.1) is 16.8 Å². The summed E-state index contributed by atoms with van der Waals surface area (Å²) in [6, 6.07) is 5.03. The first kappa shape index (κ1) is 13.7. The predicted molar refractivity (Wildman–Crippen MR) is 74.7 cm³/mol. The zero-order valence-electron chi connectivity index (χ0n) is 9.80. The summed E-state index contributed by atoms with van der Waals surface area (Å²) in [5, 5.41) is 1.04. The van der Waals surface area contributed by atoms with Crippen molar-refractivity contribution in [2.75, 3.05) is 13.1 Å². The molecule has 0 radical (unpaired) electrons.